The molecule has 1 fully saturated rings. The Morgan fingerprint density at radius 1 is 1.17 bits per heavy atom. The van der Waals surface area contributed by atoms with Gasteiger partial charge in [-0.1, -0.05) is 6.07 Å². The molecule has 0 bridgehead atoms. The molecule has 0 radical (unpaired) electrons. The van der Waals surface area contributed by atoms with Crippen LogP contribution in [-0.2, 0) is 7.05 Å². The second kappa shape index (κ2) is 5.14. The van der Waals surface area contributed by atoms with E-state index in [4.69, 9.17) is 0 Å². The Hall–Kier alpha value is -1.29. The number of rotatable bonds is 1. The SMILES string of the molecule is Cl.Cn1nc(N2CCCCC2)c2c(F)cccc21. The maximum absolute atomic E-state index is 13.9. The lowest BCUT2D eigenvalue weighted by atomic mass is 10.1. The molecule has 1 aromatic carbocycles. The van der Waals surface area contributed by atoms with Crippen LogP contribution in [0.15, 0.2) is 18.2 Å². The van der Waals surface area contributed by atoms with Crippen LogP contribution in [0.25, 0.3) is 10.9 Å². The molecule has 0 spiro atoms. The number of hydrogen-bond donors (Lipinski definition) is 0. The van der Waals surface area contributed by atoms with Crippen LogP contribution in [-0.4, -0.2) is 22.9 Å². The quantitative estimate of drug-likeness (QED) is 0.793. The molecule has 0 amide bonds. The largest absolute Gasteiger partial charge is 0.355 e. The zero-order valence-electron chi connectivity index (χ0n) is 10.4. The van der Waals surface area contributed by atoms with Gasteiger partial charge in [0.05, 0.1) is 10.9 Å². The molecule has 0 unspecified atom stereocenters. The number of nitrogens with zero attached hydrogens (tertiary/aromatic N) is 3. The van der Waals surface area contributed by atoms with Gasteiger partial charge >= 0.3 is 0 Å². The second-order valence-corrected chi connectivity index (χ2v) is 4.63. The molecule has 2 aromatic rings. The second-order valence-electron chi connectivity index (χ2n) is 4.63. The van der Waals surface area contributed by atoms with Crippen molar-refractivity contribution in [3.63, 3.8) is 0 Å². The summed E-state index contributed by atoms with van der Waals surface area (Å²) in [6.07, 6.45) is 3.61. The van der Waals surface area contributed by atoms with Crippen LogP contribution in [0.4, 0.5) is 10.2 Å². The van der Waals surface area contributed by atoms with E-state index in [0.717, 1.165) is 24.4 Å². The Morgan fingerprint density at radius 2 is 1.89 bits per heavy atom. The normalized spacial score (nSPS) is 15.8. The first-order chi connectivity index (χ1) is 8.27. The Morgan fingerprint density at radius 3 is 2.61 bits per heavy atom. The minimum absolute atomic E-state index is 0. The molecule has 1 aliphatic rings. The number of halogens is 2. The average Bonchev–Trinajstić information content (AvgIpc) is 2.70. The Kier molecular flexibility index (Phi) is 3.76. The fourth-order valence-corrected chi connectivity index (χ4v) is 2.58. The number of aromatic nitrogens is 2. The summed E-state index contributed by atoms with van der Waals surface area (Å²) in [5, 5.41) is 5.14. The monoisotopic (exact) mass is 269 g/mol. The summed E-state index contributed by atoms with van der Waals surface area (Å²) in [6.45, 7) is 1.97. The van der Waals surface area contributed by atoms with Gasteiger partial charge in [-0.05, 0) is 31.4 Å². The maximum atomic E-state index is 13.9. The third kappa shape index (κ3) is 2.05. The first-order valence-electron chi connectivity index (χ1n) is 6.13. The number of hydrogen-bond acceptors (Lipinski definition) is 2. The zero-order chi connectivity index (χ0) is 11.8. The van der Waals surface area contributed by atoms with Crippen molar-refractivity contribution in [1.29, 1.82) is 0 Å². The van der Waals surface area contributed by atoms with Gasteiger partial charge < -0.3 is 4.90 Å². The molecule has 0 N–H and O–H groups in total. The molecular weight excluding hydrogens is 253 g/mol. The molecular formula is C13H17ClFN3. The molecule has 1 aromatic heterocycles. The summed E-state index contributed by atoms with van der Waals surface area (Å²) in [6, 6.07) is 5.16. The van der Waals surface area contributed by atoms with Crippen molar-refractivity contribution in [2.45, 2.75) is 19.3 Å². The van der Waals surface area contributed by atoms with Crippen LogP contribution in [0.5, 0.6) is 0 Å². The van der Waals surface area contributed by atoms with E-state index in [1.165, 1.54) is 25.3 Å². The van der Waals surface area contributed by atoms with Gasteiger partial charge in [-0.2, -0.15) is 5.10 Å². The van der Waals surface area contributed by atoms with Gasteiger partial charge in [-0.25, -0.2) is 4.39 Å². The lowest BCUT2D eigenvalue weighted by Crippen LogP contribution is -2.30. The molecule has 1 saturated heterocycles. The molecule has 3 rings (SSSR count). The number of piperidine rings is 1. The summed E-state index contributed by atoms with van der Waals surface area (Å²) in [5.74, 6) is 0.636. The summed E-state index contributed by atoms with van der Waals surface area (Å²) >= 11 is 0. The predicted octanol–water partition coefficient (Wildman–Crippen LogP) is 3.12. The van der Waals surface area contributed by atoms with Crippen molar-refractivity contribution < 1.29 is 4.39 Å². The fourth-order valence-electron chi connectivity index (χ4n) is 2.58. The first-order valence-corrected chi connectivity index (χ1v) is 6.13. The third-order valence-electron chi connectivity index (χ3n) is 3.46. The third-order valence-corrected chi connectivity index (χ3v) is 3.46. The summed E-state index contributed by atoms with van der Waals surface area (Å²) in [4.78, 5) is 2.20. The Bertz CT molecular complexity index is 546. The number of fused-ring (bicyclic) bond motifs is 1. The van der Waals surface area contributed by atoms with Crippen molar-refractivity contribution in [3.8, 4) is 0 Å². The lowest BCUT2D eigenvalue weighted by molar-refractivity contribution is 0.570. The van der Waals surface area contributed by atoms with E-state index in [0.29, 0.717) is 5.39 Å². The van der Waals surface area contributed by atoms with Crippen LogP contribution in [0, 0.1) is 5.82 Å². The van der Waals surface area contributed by atoms with Crippen LogP contribution in [0.2, 0.25) is 0 Å². The van der Waals surface area contributed by atoms with Crippen molar-refractivity contribution in [2.75, 3.05) is 18.0 Å². The molecule has 0 saturated carbocycles. The van der Waals surface area contributed by atoms with Gasteiger partial charge in [0.2, 0.25) is 0 Å². The maximum Gasteiger partial charge on any atom is 0.161 e. The predicted molar refractivity (Wildman–Crippen MR) is 74.0 cm³/mol. The van der Waals surface area contributed by atoms with E-state index in [1.54, 1.807) is 10.7 Å². The average molecular weight is 270 g/mol. The Labute approximate surface area is 112 Å². The van der Waals surface area contributed by atoms with Crippen LogP contribution in [0.1, 0.15) is 19.3 Å². The fraction of sp³-hybridized carbons (Fsp3) is 0.462. The van der Waals surface area contributed by atoms with E-state index in [-0.39, 0.29) is 18.2 Å². The van der Waals surface area contributed by atoms with Crippen molar-refractivity contribution in [1.82, 2.24) is 9.78 Å². The summed E-state index contributed by atoms with van der Waals surface area (Å²) < 4.78 is 15.7. The van der Waals surface area contributed by atoms with Crippen LogP contribution >= 0.6 is 12.4 Å². The molecule has 0 atom stereocenters. The van der Waals surface area contributed by atoms with Crippen molar-refractivity contribution >= 4 is 29.1 Å². The standard InChI is InChI=1S/C13H16FN3.ClH/c1-16-11-7-5-6-10(14)12(11)13(15-16)17-8-3-2-4-9-17;/h5-7H,2-4,8-9H2,1H3;1H. The molecule has 5 heteroatoms. The van der Waals surface area contributed by atoms with Gasteiger partial charge in [0.25, 0.3) is 0 Å². The smallest absolute Gasteiger partial charge is 0.161 e. The van der Waals surface area contributed by atoms with Gasteiger partial charge in [0.15, 0.2) is 5.82 Å². The van der Waals surface area contributed by atoms with Crippen LogP contribution in [0.3, 0.4) is 0 Å². The number of benzene rings is 1. The topological polar surface area (TPSA) is 21.1 Å². The van der Waals surface area contributed by atoms with E-state index in [2.05, 4.69) is 10.00 Å². The highest BCUT2D eigenvalue weighted by Crippen LogP contribution is 2.29. The van der Waals surface area contributed by atoms with E-state index in [1.807, 2.05) is 13.1 Å². The highest BCUT2D eigenvalue weighted by Gasteiger charge is 2.19. The molecule has 98 valence electrons. The van der Waals surface area contributed by atoms with E-state index < -0.39 is 0 Å². The molecule has 3 nitrogen and oxygen atoms in total. The minimum atomic E-state index is -0.170. The van der Waals surface area contributed by atoms with Gasteiger partial charge in [-0.15, -0.1) is 12.4 Å². The van der Waals surface area contributed by atoms with E-state index in [9.17, 15) is 4.39 Å². The summed E-state index contributed by atoms with van der Waals surface area (Å²) in [7, 11) is 1.87. The van der Waals surface area contributed by atoms with Crippen molar-refractivity contribution in [3.05, 3.63) is 24.0 Å². The number of aryl methyl sites for hydroxylation is 1. The highest BCUT2D eigenvalue weighted by molar-refractivity contribution is 5.91. The zero-order valence-corrected chi connectivity index (χ0v) is 11.2. The summed E-state index contributed by atoms with van der Waals surface area (Å²) in [5.41, 5.74) is 0.866. The molecule has 2 heterocycles. The molecule has 18 heavy (non-hydrogen) atoms. The first kappa shape index (κ1) is 13.1. The van der Waals surface area contributed by atoms with Crippen LogP contribution < -0.4 is 4.90 Å². The van der Waals surface area contributed by atoms with Gasteiger partial charge in [0.1, 0.15) is 5.82 Å². The highest BCUT2D eigenvalue weighted by atomic mass is 35.5. The number of anilines is 1. The van der Waals surface area contributed by atoms with Gasteiger partial charge in [0, 0.05) is 20.1 Å². The minimum Gasteiger partial charge on any atom is -0.355 e. The lowest BCUT2D eigenvalue weighted by Gasteiger charge is -2.26. The van der Waals surface area contributed by atoms with Gasteiger partial charge in [-0.3, -0.25) is 4.68 Å². The van der Waals surface area contributed by atoms with Crippen molar-refractivity contribution in [2.24, 2.45) is 7.05 Å². The Balaban J connectivity index is 0.00000120. The van der Waals surface area contributed by atoms with E-state index >= 15 is 0 Å². The molecule has 1 aliphatic heterocycles. The molecule has 0 aliphatic carbocycles.